The second-order valence-electron chi connectivity index (χ2n) is 7.81. The third kappa shape index (κ3) is 3.66. The normalized spacial score (nSPS) is 13.9. The fourth-order valence-corrected chi connectivity index (χ4v) is 4.33. The van der Waals surface area contributed by atoms with Crippen LogP contribution in [0.1, 0.15) is 10.4 Å². The number of carbonyl (C=O) groups excluding carboxylic acids is 1. The van der Waals surface area contributed by atoms with Gasteiger partial charge in [0.25, 0.3) is 0 Å². The van der Waals surface area contributed by atoms with Crippen molar-refractivity contribution < 1.29 is 13.9 Å². The molecule has 0 saturated carbocycles. The van der Waals surface area contributed by atoms with E-state index in [1.54, 1.807) is 30.5 Å². The Balaban J connectivity index is 1.74. The number of halogens is 1. The maximum absolute atomic E-state index is 14.7. The van der Waals surface area contributed by atoms with E-state index in [4.69, 9.17) is 10.5 Å². The maximum Gasteiger partial charge on any atom is 0.249 e. The van der Waals surface area contributed by atoms with Gasteiger partial charge < -0.3 is 20.7 Å². The van der Waals surface area contributed by atoms with Crippen LogP contribution in [0, 0.1) is 5.82 Å². The zero-order chi connectivity index (χ0) is 22.9. The molecule has 2 aromatic carbocycles. The average Bonchev–Trinajstić information content (AvgIpc) is 3.26. The van der Waals surface area contributed by atoms with Crippen molar-refractivity contribution >= 4 is 22.5 Å². The number of H-pyrrole nitrogens is 1. The largest absolute Gasteiger partial charge is 0.496 e. The molecule has 9 heteroatoms. The Morgan fingerprint density at radius 1 is 1.15 bits per heavy atom. The average molecular weight is 446 g/mol. The molecule has 168 valence electrons. The van der Waals surface area contributed by atoms with Gasteiger partial charge in [-0.15, -0.1) is 0 Å². The Bertz CT molecular complexity index is 1350. The lowest BCUT2D eigenvalue weighted by Crippen LogP contribution is -2.43. The SMILES string of the molecule is COc1cccc(F)c1-c1cc2c(-c3c(C(N)=O)cccc3N3CCNCC3)n[nH]c2cn1. The van der Waals surface area contributed by atoms with Crippen LogP contribution in [-0.4, -0.2) is 54.4 Å². The minimum absolute atomic E-state index is 0.263. The molecule has 4 aromatic rings. The second-order valence-corrected chi connectivity index (χ2v) is 7.81. The molecule has 1 aliphatic rings. The minimum atomic E-state index is -0.539. The molecule has 1 aliphatic heterocycles. The fraction of sp³-hybridized carbons (Fsp3) is 0.208. The van der Waals surface area contributed by atoms with Crippen LogP contribution >= 0.6 is 0 Å². The van der Waals surface area contributed by atoms with Crippen molar-refractivity contribution in [2.75, 3.05) is 38.2 Å². The van der Waals surface area contributed by atoms with Crippen LogP contribution in [0.2, 0.25) is 0 Å². The van der Waals surface area contributed by atoms with Gasteiger partial charge in [0.1, 0.15) is 17.3 Å². The molecule has 5 rings (SSSR count). The van der Waals surface area contributed by atoms with Crippen molar-refractivity contribution in [3.63, 3.8) is 0 Å². The molecular weight excluding hydrogens is 423 g/mol. The molecule has 0 bridgehead atoms. The number of ether oxygens (including phenoxy) is 1. The third-order valence-corrected chi connectivity index (χ3v) is 5.90. The van der Waals surface area contributed by atoms with Gasteiger partial charge in [0.2, 0.25) is 5.91 Å². The number of benzene rings is 2. The molecule has 0 atom stereocenters. The topological polar surface area (TPSA) is 109 Å². The molecule has 1 fully saturated rings. The molecule has 33 heavy (non-hydrogen) atoms. The first-order valence-electron chi connectivity index (χ1n) is 10.6. The summed E-state index contributed by atoms with van der Waals surface area (Å²) in [4.78, 5) is 19.0. The number of amides is 1. The predicted molar refractivity (Wildman–Crippen MR) is 125 cm³/mol. The Morgan fingerprint density at radius 2 is 1.94 bits per heavy atom. The Labute approximate surface area is 189 Å². The molecule has 3 heterocycles. The summed E-state index contributed by atoms with van der Waals surface area (Å²) in [5.41, 5.74) is 9.55. The van der Waals surface area contributed by atoms with Crippen molar-refractivity contribution in [2.45, 2.75) is 0 Å². The number of primary amides is 1. The van der Waals surface area contributed by atoms with Gasteiger partial charge in [-0.25, -0.2) is 4.39 Å². The lowest BCUT2D eigenvalue weighted by Gasteiger charge is -2.31. The van der Waals surface area contributed by atoms with Crippen LogP contribution in [0.3, 0.4) is 0 Å². The zero-order valence-electron chi connectivity index (χ0n) is 18.1. The number of hydrogen-bond donors (Lipinski definition) is 3. The summed E-state index contributed by atoms with van der Waals surface area (Å²) < 4.78 is 20.1. The third-order valence-electron chi connectivity index (χ3n) is 5.90. The number of hydrogen-bond acceptors (Lipinski definition) is 6. The predicted octanol–water partition coefficient (Wildman–Crippen LogP) is 2.95. The van der Waals surface area contributed by atoms with Crippen LogP contribution in [0.25, 0.3) is 33.4 Å². The van der Waals surface area contributed by atoms with E-state index >= 15 is 0 Å². The number of fused-ring (bicyclic) bond motifs is 1. The number of carbonyl (C=O) groups is 1. The highest BCUT2D eigenvalue weighted by Crippen LogP contribution is 2.39. The van der Waals surface area contributed by atoms with E-state index in [0.717, 1.165) is 31.9 Å². The second kappa shape index (κ2) is 8.51. The maximum atomic E-state index is 14.7. The molecule has 8 nitrogen and oxygen atoms in total. The van der Waals surface area contributed by atoms with Crippen molar-refractivity contribution in [2.24, 2.45) is 5.73 Å². The van der Waals surface area contributed by atoms with Gasteiger partial charge in [0.15, 0.2) is 0 Å². The van der Waals surface area contributed by atoms with E-state index in [1.807, 2.05) is 12.1 Å². The smallest absolute Gasteiger partial charge is 0.249 e. The van der Waals surface area contributed by atoms with Crippen molar-refractivity contribution in [3.05, 3.63) is 60.0 Å². The Hall–Kier alpha value is -3.98. The van der Waals surface area contributed by atoms with Gasteiger partial charge in [-0.05, 0) is 30.3 Å². The molecule has 0 radical (unpaired) electrons. The van der Waals surface area contributed by atoms with Gasteiger partial charge in [0.05, 0.1) is 35.6 Å². The number of piperazine rings is 1. The quantitative estimate of drug-likeness (QED) is 0.435. The van der Waals surface area contributed by atoms with Gasteiger partial charge in [-0.3, -0.25) is 14.9 Å². The summed E-state index contributed by atoms with van der Waals surface area (Å²) in [6, 6.07) is 11.9. The van der Waals surface area contributed by atoms with E-state index in [0.29, 0.717) is 39.2 Å². The first-order valence-corrected chi connectivity index (χ1v) is 10.6. The van der Waals surface area contributed by atoms with E-state index in [9.17, 15) is 9.18 Å². The standard InChI is InChI=1S/C24H23FN6O2/c1-33-20-7-3-5-16(25)22(20)17-12-15-18(13-28-17)29-30-23(15)21-14(24(26)32)4-2-6-19(21)31-10-8-27-9-11-31/h2-7,12-13,27H,8-11H2,1H3,(H2,26,32)(H,29,30). The van der Waals surface area contributed by atoms with Gasteiger partial charge in [0, 0.05) is 42.8 Å². The molecule has 1 amide bonds. The van der Waals surface area contributed by atoms with E-state index in [-0.39, 0.29) is 5.56 Å². The van der Waals surface area contributed by atoms with Crippen LogP contribution in [0.4, 0.5) is 10.1 Å². The number of pyridine rings is 1. The number of nitrogens with one attached hydrogen (secondary N) is 2. The van der Waals surface area contributed by atoms with Gasteiger partial charge >= 0.3 is 0 Å². The summed E-state index contributed by atoms with van der Waals surface area (Å²) in [6.07, 6.45) is 1.60. The van der Waals surface area contributed by atoms with Crippen molar-refractivity contribution in [1.82, 2.24) is 20.5 Å². The lowest BCUT2D eigenvalue weighted by atomic mass is 9.97. The van der Waals surface area contributed by atoms with E-state index in [2.05, 4.69) is 25.4 Å². The zero-order valence-corrected chi connectivity index (χ0v) is 18.1. The number of anilines is 1. The lowest BCUT2D eigenvalue weighted by molar-refractivity contribution is 0.100. The minimum Gasteiger partial charge on any atom is -0.496 e. The number of methoxy groups -OCH3 is 1. The first-order chi connectivity index (χ1) is 16.1. The fourth-order valence-electron chi connectivity index (χ4n) is 4.33. The van der Waals surface area contributed by atoms with Crippen LogP contribution < -0.4 is 20.7 Å². The Kier molecular flexibility index (Phi) is 5.39. The number of aromatic amines is 1. The Morgan fingerprint density at radius 3 is 2.70 bits per heavy atom. The molecule has 4 N–H and O–H groups in total. The molecular formula is C24H23FN6O2. The highest BCUT2D eigenvalue weighted by Gasteiger charge is 2.24. The summed E-state index contributed by atoms with van der Waals surface area (Å²) >= 11 is 0. The molecule has 0 spiro atoms. The van der Waals surface area contributed by atoms with Crippen molar-refractivity contribution in [3.8, 4) is 28.3 Å². The van der Waals surface area contributed by atoms with Crippen LogP contribution in [0.15, 0.2) is 48.7 Å². The first kappa shape index (κ1) is 20.9. The van der Waals surface area contributed by atoms with E-state index in [1.165, 1.54) is 13.2 Å². The van der Waals surface area contributed by atoms with Crippen molar-refractivity contribution in [1.29, 1.82) is 0 Å². The molecule has 2 aromatic heterocycles. The van der Waals surface area contributed by atoms with Crippen LogP contribution in [0.5, 0.6) is 5.75 Å². The summed E-state index contributed by atoms with van der Waals surface area (Å²) in [5, 5.41) is 11.5. The molecule has 0 unspecified atom stereocenters. The van der Waals surface area contributed by atoms with Gasteiger partial charge in [-0.2, -0.15) is 5.10 Å². The number of aromatic nitrogens is 3. The highest BCUT2D eigenvalue weighted by atomic mass is 19.1. The van der Waals surface area contributed by atoms with Crippen LogP contribution in [-0.2, 0) is 0 Å². The number of nitrogens with two attached hydrogens (primary N) is 1. The highest BCUT2D eigenvalue weighted by molar-refractivity contribution is 6.07. The summed E-state index contributed by atoms with van der Waals surface area (Å²) in [6.45, 7) is 3.25. The number of rotatable bonds is 5. The monoisotopic (exact) mass is 446 g/mol. The van der Waals surface area contributed by atoms with E-state index < -0.39 is 11.7 Å². The summed E-state index contributed by atoms with van der Waals surface area (Å²) in [7, 11) is 1.49. The molecule has 0 aliphatic carbocycles. The summed E-state index contributed by atoms with van der Waals surface area (Å²) in [5.74, 6) is -0.598. The number of nitrogens with zero attached hydrogens (tertiary/aromatic N) is 3. The van der Waals surface area contributed by atoms with Gasteiger partial charge in [-0.1, -0.05) is 12.1 Å². The molecule has 1 saturated heterocycles.